The van der Waals surface area contributed by atoms with Crippen LogP contribution >= 0.6 is 23.4 Å². The highest BCUT2D eigenvalue weighted by atomic mass is 35.5. The number of hydrogen-bond acceptors (Lipinski definition) is 6. The number of nitrogens with zero attached hydrogens (tertiary/aromatic N) is 4. The Morgan fingerprint density at radius 3 is 2.53 bits per heavy atom. The van der Waals surface area contributed by atoms with Gasteiger partial charge in [0, 0.05) is 22.6 Å². The van der Waals surface area contributed by atoms with Gasteiger partial charge in [0.2, 0.25) is 5.91 Å². The normalized spacial score (nSPS) is 10.7. The van der Waals surface area contributed by atoms with E-state index in [0.29, 0.717) is 34.0 Å². The average molecular weight is 466 g/mol. The van der Waals surface area contributed by atoms with Crippen molar-refractivity contribution in [2.75, 3.05) is 17.7 Å². The lowest BCUT2D eigenvalue weighted by atomic mass is 10.3. The van der Waals surface area contributed by atoms with Crippen molar-refractivity contribution in [1.82, 2.24) is 19.7 Å². The molecule has 2 aromatic carbocycles. The van der Waals surface area contributed by atoms with E-state index < -0.39 is 0 Å². The fourth-order valence-corrected chi connectivity index (χ4v) is 3.85. The zero-order valence-electron chi connectivity index (χ0n) is 17.2. The number of carbonyl (C=O) groups excluding carboxylic acids is 1. The van der Waals surface area contributed by atoms with Crippen molar-refractivity contribution in [1.29, 1.82) is 0 Å². The second-order valence-electron chi connectivity index (χ2n) is 6.63. The van der Waals surface area contributed by atoms with Crippen molar-refractivity contribution in [3.05, 3.63) is 77.9 Å². The van der Waals surface area contributed by atoms with Crippen molar-refractivity contribution < 1.29 is 9.53 Å². The fraction of sp³-hybridized carbons (Fsp3) is 0.130. The van der Waals surface area contributed by atoms with Crippen LogP contribution in [-0.2, 0) is 4.79 Å². The molecule has 1 amide bonds. The van der Waals surface area contributed by atoms with Gasteiger partial charge < -0.3 is 10.1 Å². The van der Waals surface area contributed by atoms with Gasteiger partial charge in [-0.25, -0.2) is 0 Å². The summed E-state index contributed by atoms with van der Waals surface area (Å²) in [6.07, 6.45) is 1.70. The molecule has 32 heavy (non-hydrogen) atoms. The van der Waals surface area contributed by atoms with E-state index in [1.54, 1.807) is 18.3 Å². The fourth-order valence-electron chi connectivity index (χ4n) is 2.98. The number of amides is 1. The van der Waals surface area contributed by atoms with Gasteiger partial charge in [-0.05, 0) is 67.6 Å². The molecule has 0 aliphatic rings. The lowest BCUT2D eigenvalue weighted by molar-refractivity contribution is -0.113. The van der Waals surface area contributed by atoms with Crippen LogP contribution in [0.1, 0.15) is 6.92 Å². The van der Waals surface area contributed by atoms with Gasteiger partial charge >= 0.3 is 0 Å². The van der Waals surface area contributed by atoms with Crippen molar-refractivity contribution in [2.24, 2.45) is 0 Å². The summed E-state index contributed by atoms with van der Waals surface area (Å²) in [7, 11) is 0. The number of halogens is 1. The van der Waals surface area contributed by atoms with E-state index in [1.807, 2.05) is 66.1 Å². The predicted octanol–water partition coefficient (Wildman–Crippen LogP) is 5.11. The molecule has 0 spiro atoms. The third-order valence-corrected chi connectivity index (χ3v) is 5.57. The molecule has 0 unspecified atom stereocenters. The molecule has 1 N–H and O–H groups in total. The number of nitrogens with one attached hydrogen (secondary N) is 1. The van der Waals surface area contributed by atoms with Gasteiger partial charge in [0.1, 0.15) is 11.4 Å². The Labute approximate surface area is 194 Å². The first-order valence-corrected chi connectivity index (χ1v) is 11.3. The Morgan fingerprint density at radius 1 is 1.06 bits per heavy atom. The maximum absolute atomic E-state index is 12.5. The first kappa shape index (κ1) is 21.9. The minimum absolute atomic E-state index is 0.149. The van der Waals surface area contributed by atoms with Crippen molar-refractivity contribution in [3.63, 3.8) is 0 Å². The minimum Gasteiger partial charge on any atom is -0.494 e. The van der Waals surface area contributed by atoms with Gasteiger partial charge in [0.05, 0.1) is 12.4 Å². The van der Waals surface area contributed by atoms with Gasteiger partial charge in [-0.3, -0.25) is 14.3 Å². The maximum atomic E-state index is 12.5. The minimum atomic E-state index is -0.149. The van der Waals surface area contributed by atoms with E-state index in [4.69, 9.17) is 16.3 Å². The zero-order valence-corrected chi connectivity index (χ0v) is 18.8. The monoisotopic (exact) mass is 465 g/mol. The number of rotatable bonds is 8. The lowest BCUT2D eigenvalue weighted by Gasteiger charge is -2.10. The van der Waals surface area contributed by atoms with E-state index in [0.717, 1.165) is 11.4 Å². The van der Waals surface area contributed by atoms with E-state index in [2.05, 4.69) is 20.5 Å². The molecule has 7 nitrogen and oxygen atoms in total. The Bertz CT molecular complexity index is 1180. The quantitative estimate of drug-likeness (QED) is 0.364. The van der Waals surface area contributed by atoms with Gasteiger partial charge in [0.25, 0.3) is 0 Å². The summed E-state index contributed by atoms with van der Waals surface area (Å²) < 4.78 is 7.29. The third kappa shape index (κ3) is 5.27. The topological polar surface area (TPSA) is 81.9 Å². The van der Waals surface area contributed by atoms with Crippen LogP contribution in [0.25, 0.3) is 17.2 Å². The number of anilines is 1. The second-order valence-corrected chi connectivity index (χ2v) is 8.01. The summed E-state index contributed by atoms with van der Waals surface area (Å²) >= 11 is 7.35. The molecule has 0 atom stereocenters. The summed E-state index contributed by atoms with van der Waals surface area (Å²) in [5.41, 5.74) is 2.21. The summed E-state index contributed by atoms with van der Waals surface area (Å²) in [4.78, 5) is 16.9. The molecule has 0 fully saturated rings. The van der Waals surface area contributed by atoms with Crippen molar-refractivity contribution >= 4 is 35.0 Å². The lowest BCUT2D eigenvalue weighted by Crippen LogP contribution is -2.14. The molecule has 162 valence electrons. The van der Waals surface area contributed by atoms with Crippen molar-refractivity contribution in [3.8, 4) is 23.0 Å². The smallest absolute Gasteiger partial charge is 0.234 e. The van der Waals surface area contributed by atoms with Gasteiger partial charge in [-0.2, -0.15) is 0 Å². The third-order valence-electron chi connectivity index (χ3n) is 4.39. The van der Waals surface area contributed by atoms with Crippen LogP contribution in [0.15, 0.2) is 78.1 Å². The molecule has 2 aromatic heterocycles. The van der Waals surface area contributed by atoms with Gasteiger partial charge in [-0.1, -0.05) is 29.4 Å². The standard InChI is InChI=1S/C23H20ClN5O2S/c1-2-31-19-12-8-17(9-13-19)26-21(30)15-32-23-28-27-22(20-5-3-4-14-25-20)29(23)18-10-6-16(24)7-11-18/h3-14H,2,15H2,1H3,(H,26,30). The van der Waals surface area contributed by atoms with Crippen LogP contribution in [0.2, 0.25) is 5.02 Å². The highest BCUT2D eigenvalue weighted by Gasteiger charge is 2.18. The molecule has 4 aromatic rings. The number of pyridine rings is 1. The summed E-state index contributed by atoms with van der Waals surface area (Å²) in [5.74, 6) is 1.37. The highest BCUT2D eigenvalue weighted by molar-refractivity contribution is 7.99. The predicted molar refractivity (Wildman–Crippen MR) is 127 cm³/mol. The number of hydrogen-bond donors (Lipinski definition) is 1. The number of benzene rings is 2. The van der Waals surface area contributed by atoms with Gasteiger partial charge in [0.15, 0.2) is 11.0 Å². The van der Waals surface area contributed by atoms with Crippen LogP contribution in [0.5, 0.6) is 5.75 Å². The van der Waals surface area contributed by atoms with Gasteiger partial charge in [-0.15, -0.1) is 10.2 Å². The molecule has 0 bridgehead atoms. The first-order valence-electron chi connectivity index (χ1n) is 9.92. The summed E-state index contributed by atoms with van der Waals surface area (Å²) in [6, 6.07) is 20.2. The molecule has 0 radical (unpaired) electrons. The first-order chi connectivity index (χ1) is 15.6. The van der Waals surface area contributed by atoms with Crippen LogP contribution < -0.4 is 10.1 Å². The number of aromatic nitrogens is 4. The largest absolute Gasteiger partial charge is 0.494 e. The molecule has 2 heterocycles. The number of carbonyl (C=O) groups is 1. The SMILES string of the molecule is CCOc1ccc(NC(=O)CSc2nnc(-c3ccccn3)n2-c2ccc(Cl)cc2)cc1. The molecule has 0 aliphatic heterocycles. The molecule has 0 saturated heterocycles. The van der Waals surface area contributed by atoms with E-state index in [1.165, 1.54) is 11.8 Å². The van der Waals surface area contributed by atoms with E-state index in [-0.39, 0.29) is 11.7 Å². The number of ether oxygens (including phenoxy) is 1. The molecule has 0 saturated carbocycles. The van der Waals surface area contributed by atoms with Crippen molar-refractivity contribution in [2.45, 2.75) is 12.1 Å². The zero-order chi connectivity index (χ0) is 22.3. The molecule has 9 heteroatoms. The van der Waals surface area contributed by atoms with Crippen LogP contribution in [0, 0.1) is 0 Å². The Hall–Kier alpha value is -3.36. The molecular weight excluding hydrogens is 446 g/mol. The molecule has 4 rings (SSSR count). The Morgan fingerprint density at radius 2 is 1.84 bits per heavy atom. The van der Waals surface area contributed by atoms with Crippen LogP contribution in [0.4, 0.5) is 5.69 Å². The summed E-state index contributed by atoms with van der Waals surface area (Å²) in [6.45, 7) is 2.52. The average Bonchev–Trinajstić information content (AvgIpc) is 3.24. The van der Waals surface area contributed by atoms with Crippen LogP contribution in [-0.4, -0.2) is 38.0 Å². The maximum Gasteiger partial charge on any atom is 0.234 e. The second kappa shape index (κ2) is 10.3. The molecule has 0 aliphatic carbocycles. The van der Waals surface area contributed by atoms with E-state index in [9.17, 15) is 4.79 Å². The Balaban J connectivity index is 1.52. The molecular formula is C23H20ClN5O2S. The summed E-state index contributed by atoms with van der Waals surface area (Å²) in [5, 5.41) is 12.7. The highest BCUT2D eigenvalue weighted by Crippen LogP contribution is 2.28. The number of thioether (sulfide) groups is 1. The Kier molecular flexibility index (Phi) is 7.03. The van der Waals surface area contributed by atoms with Crippen LogP contribution in [0.3, 0.4) is 0 Å². The van der Waals surface area contributed by atoms with E-state index >= 15 is 0 Å².